The van der Waals surface area contributed by atoms with Gasteiger partial charge < -0.3 is 4.57 Å². The molecular weight excluding hydrogens is 298 g/mol. The molecule has 0 saturated heterocycles. The van der Waals surface area contributed by atoms with Gasteiger partial charge >= 0.3 is 0 Å². The van der Waals surface area contributed by atoms with E-state index in [0.717, 1.165) is 22.7 Å². The molecule has 0 atom stereocenters. The number of hydrogen-bond acceptors (Lipinski definition) is 3. The average molecular weight is 310 g/mol. The fourth-order valence-electron chi connectivity index (χ4n) is 2.52. The van der Waals surface area contributed by atoms with Gasteiger partial charge in [0.2, 0.25) is 0 Å². The summed E-state index contributed by atoms with van der Waals surface area (Å²) in [7, 11) is 0. The molecular formula is C16H12ClN5. The SMILES string of the molecule is Clc1ccccc1-c1nccn1Cc1cccc2ncnn12. The van der Waals surface area contributed by atoms with Crippen LogP contribution in [0, 0.1) is 0 Å². The van der Waals surface area contributed by atoms with E-state index in [1.807, 2.05) is 53.2 Å². The van der Waals surface area contributed by atoms with Gasteiger partial charge in [0.1, 0.15) is 12.2 Å². The van der Waals surface area contributed by atoms with Gasteiger partial charge in [0.15, 0.2) is 5.65 Å². The fraction of sp³-hybridized carbons (Fsp3) is 0.0625. The molecule has 0 amide bonds. The van der Waals surface area contributed by atoms with Crippen LogP contribution in [0.15, 0.2) is 61.2 Å². The van der Waals surface area contributed by atoms with E-state index in [-0.39, 0.29) is 0 Å². The molecule has 5 nitrogen and oxygen atoms in total. The molecule has 3 aromatic heterocycles. The number of pyridine rings is 1. The van der Waals surface area contributed by atoms with Crippen molar-refractivity contribution in [1.29, 1.82) is 0 Å². The van der Waals surface area contributed by atoms with E-state index in [0.29, 0.717) is 11.6 Å². The largest absolute Gasteiger partial charge is 0.325 e. The molecule has 0 bridgehead atoms. The first kappa shape index (κ1) is 13.0. The first-order valence-electron chi connectivity index (χ1n) is 6.86. The van der Waals surface area contributed by atoms with Crippen molar-refractivity contribution in [2.45, 2.75) is 6.54 Å². The Morgan fingerprint density at radius 3 is 2.82 bits per heavy atom. The van der Waals surface area contributed by atoms with Crippen molar-refractivity contribution in [3.8, 4) is 11.4 Å². The third kappa shape index (κ3) is 2.16. The van der Waals surface area contributed by atoms with Crippen molar-refractivity contribution < 1.29 is 0 Å². The van der Waals surface area contributed by atoms with E-state index in [9.17, 15) is 0 Å². The third-order valence-electron chi connectivity index (χ3n) is 3.54. The van der Waals surface area contributed by atoms with Gasteiger partial charge in [0.25, 0.3) is 0 Å². The van der Waals surface area contributed by atoms with Crippen LogP contribution >= 0.6 is 11.6 Å². The van der Waals surface area contributed by atoms with Crippen LogP contribution in [0.4, 0.5) is 0 Å². The summed E-state index contributed by atoms with van der Waals surface area (Å²) in [6, 6.07) is 13.6. The van der Waals surface area contributed by atoms with Crippen LogP contribution < -0.4 is 0 Å². The first-order chi connectivity index (χ1) is 10.8. The summed E-state index contributed by atoms with van der Waals surface area (Å²) in [5, 5.41) is 4.95. The predicted molar refractivity (Wildman–Crippen MR) is 84.8 cm³/mol. The van der Waals surface area contributed by atoms with Gasteiger partial charge in [-0.05, 0) is 24.3 Å². The van der Waals surface area contributed by atoms with Crippen LogP contribution in [-0.2, 0) is 6.54 Å². The minimum atomic E-state index is 0.640. The lowest BCUT2D eigenvalue weighted by Crippen LogP contribution is -2.06. The Kier molecular flexibility index (Phi) is 3.12. The van der Waals surface area contributed by atoms with Gasteiger partial charge in [-0.3, -0.25) is 0 Å². The predicted octanol–water partition coefficient (Wildman–Crippen LogP) is 3.29. The highest BCUT2D eigenvalue weighted by molar-refractivity contribution is 6.33. The quantitative estimate of drug-likeness (QED) is 0.583. The maximum absolute atomic E-state index is 6.29. The minimum absolute atomic E-state index is 0.640. The Bertz CT molecular complexity index is 940. The number of rotatable bonds is 3. The Morgan fingerprint density at radius 2 is 1.91 bits per heavy atom. The lowest BCUT2D eigenvalue weighted by atomic mass is 10.2. The summed E-state index contributed by atoms with van der Waals surface area (Å²) < 4.78 is 3.88. The lowest BCUT2D eigenvalue weighted by Gasteiger charge is -2.10. The van der Waals surface area contributed by atoms with Gasteiger partial charge in [0, 0.05) is 18.0 Å². The summed E-state index contributed by atoms with van der Waals surface area (Å²) in [6.45, 7) is 0.640. The maximum atomic E-state index is 6.29. The van der Waals surface area contributed by atoms with Crippen LogP contribution in [0.5, 0.6) is 0 Å². The summed E-state index contributed by atoms with van der Waals surface area (Å²) >= 11 is 6.29. The van der Waals surface area contributed by atoms with Crippen molar-refractivity contribution in [3.05, 3.63) is 71.9 Å². The van der Waals surface area contributed by atoms with Crippen molar-refractivity contribution in [2.24, 2.45) is 0 Å². The first-order valence-corrected chi connectivity index (χ1v) is 7.24. The molecule has 0 aliphatic rings. The monoisotopic (exact) mass is 309 g/mol. The molecule has 6 heteroatoms. The molecule has 4 aromatic rings. The van der Waals surface area contributed by atoms with Crippen LogP contribution in [-0.4, -0.2) is 24.1 Å². The number of halogens is 1. The topological polar surface area (TPSA) is 48.0 Å². The van der Waals surface area contributed by atoms with Gasteiger partial charge in [-0.15, -0.1) is 0 Å². The molecule has 0 N–H and O–H groups in total. The number of aromatic nitrogens is 5. The summed E-state index contributed by atoms with van der Waals surface area (Å²) in [6.07, 6.45) is 5.27. The lowest BCUT2D eigenvalue weighted by molar-refractivity contribution is 0.740. The summed E-state index contributed by atoms with van der Waals surface area (Å²) in [5.41, 5.74) is 2.78. The van der Waals surface area contributed by atoms with Gasteiger partial charge in [-0.1, -0.05) is 29.8 Å². The molecule has 108 valence electrons. The van der Waals surface area contributed by atoms with Crippen molar-refractivity contribution in [3.63, 3.8) is 0 Å². The molecule has 3 heterocycles. The molecule has 1 aromatic carbocycles. The zero-order valence-corrected chi connectivity index (χ0v) is 12.4. The van der Waals surface area contributed by atoms with E-state index in [4.69, 9.17) is 11.6 Å². The molecule has 0 aliphatic carbocycles. The van der Waals surface area contributed by atoms with E-state index < -0.39 is 0 Å². The summed E-state index contributed by atoms with van der Waals surface area (Å²) in [4.78, 5) is 8.65. The molecule has 0 saturated carbocycles. The molecule has 4 rings (SSSR count). The Labute approximate surface area is 131 Å². The normalized spacial score (nSPS) is 11.1. The van der Waals surface area contributed by atoms with Crippen LogP contribution in [0.25, 0.3) is 17.0 Å². The van der Waals surface area contributed by atoms with Crippen molar-refractivity contribution in [1.82, 2.24) is 24.1 Å². The zero-order valence-electron chi connectivity index (χ0n) is 11.6. The van der Waals surface area contributed by atoms with Crippen LogP contribution in [0.3, 0.4) is 0 Å². The van der Waals surface area contributed by atoms with Gasteiger partial charge in [-0.25, -0.2) is 14.5 Å². The van der Waals surface area contributed by atoms with Crippen molar-refractivity contribution >= 4 is 17.2 Å². The van der Waals surface area contributed by atoms with E-state index >= 15 is 0 Å². The average Bonchev–Trinajstić information content (AvgIpc) is 3.17. The molecule has 0 spiro atoms. The van der Waals surface area contributed by atoms with Crippen molar-refractivity contribution in [2.75, 3.05) is 0 Å². The number of fused-ring (bicyclic) bond motifs is 1. The second kappa shape index (κ2) is 5.27. The van der Waals surface area contributed by atoms with E-state index in [2.05, 4.69) is 19.6 Å². The number of imidazole rings is 1. The van der Waals surface area contributed by atoms with E-state index in [1.165, 1.54) is 0 Å². The number of nitrogens with zero attached hydrogens (tertiary/aromatic N) is 5. The highest BCUT2D eigenvalue weighted by Crippen LogP contribution is 2.26. The summed E-state index contributed by atoms with van der Waals surface area (Å²) in [5.74, 6) is 0.836. The molecule has 0 radical (unpaired) electrons. The Morgan fingerprint density at radius 1 is 1.00 bits per heavy atom. The second-order valence-corrected chi connectivity index (χ2v) is 5.31. The zero-order chi connectivity index (χ0) is 14.9. The maximum Gasteiger partial charge on any atom is 0.155 e. The van der Waals surface area contributed by atoms with Gasteiger partial charge in [-0.2, -0.15) is 5.10 Å². The highest BCUT2D eigenvalue weighted by Gasteiger charge is 2.11. The Balaban J connectivity index is 1.78. The number of benzene rings is 1. The minimum Gasteiger partial charge on any atom is -0.325 e. The van der Waals surface area contributed by atoms with Gasteiger partial charge in [0.05, 0.1) is 17.3 Å². The molecule has 0 unspecified atom stereocenters. The van der Waals surface area contributed by atoms with Crippen LogP contribution in [0.1, 0.15) is 5.69 Å². The standard InChI is InChI=1S/C16H12ClN5/c17-14-6-2-1-5-13(14)16-18-8-9-21(16)10-12-4-3-7-15-19-11-20-22(12)15/h1-9,11H,10H2. The van der Waals surface area contributed by atoms with Crippen LogP contribution in [0.2, 0.25) is 5.02 Å². The molecule has 0 aliphatic heterocycles. The second-order valence-electron chi connectivity index (χ2n) is 4.91. The fourth-order valence-corrected chi connectivity index (χ4v) is 2.74. The highest BCUT2D eigenvalue weighted by atomic mass is 35.5. The molecule has 22 heavy (non-hydrogen) atoms. The smallest absolute Gasteiger partial charge is 0.155 e. The third-order valence-corrected chi connectivity index (χ3v) is 3.87. The number of hydrogen-bond donors (Lipinski definition) is 0. The molecule has 0 fully saturated rings. The van der Waals surface area contributed by atoms with E-state index in [1.54, 1.807) is 12.5 Å². The Hall–Kier alpha value is -2.66.